The molecule has 0 aromatic heterocycles. The van der Waals surface area contributed by atoms with E-state index in [9.17, 15) is 21.9 Å². The fourth-order valence-corrected chi connectivity index (χ4v) is 2.45. The lowest BCUT2D eigenvalue weighted by Gasteiger charge is -2.05. The summed E-state index contributed by atoms with van der Waals surface area (Å²) < 4.78 is 61.5. The van der Waals surface area contributed by atoms with Crippen molar-refractivity contribution < 1.29 is 31.0 Å². The van der Waals surface area contributed by atoms with Crippen LogP contribution in [-0.4, -0.2) is 31.0 Å². The van der Waals surface area contributed by atoms with Crippen molar-refractivity contribution >= 4 is 31.0 Å². The second-order valence-corrected chi connectivity index (χ2v) is 6.43. The first-order chi connectivity index (χ1) is 8.59. The number of rotatable bonds is 2. The van der Waals surface area contributed by atoms with Gasteiger partial charge in [-0.15, -0.1) is 0 Å². The smallest absolute Gasteiger partial charge is 0.295 e. The molecular weight excluding hydrogens is 296 g/mol. The van der Waals surface area contributed by atoms with Gasteiger partial charge in [0.1, 0.15) is 10.6 Å². The van der Waals surface area contributed by atoms with Gasteiger partial charge in [-0.3, -0.25) is 9.11 Å². The third-order valence-corrected chi connectivity index (χ3v) is 3.90. The highest BCUT2D eigenvalue weighted by Crippen LogP contribution is 2.29. The van der Waals surface area contributed by atoms with Crippen LogP contribution >= 0.6 is 0 Å². The zero-order valence-corrected chi connectivity index (χ0v) is 10.7. The number of aromatic hydroxyl groups is 1. The molecule has 0 saturated heterocycles. The van der Waals surface area contributed by atoms with E-state index in [-0.39, 0.29) is 10.8 Å². The van der Waals surface area contributed by atoms with Crippen molar-refractivity contribution in [3.8, 4) is 5.75 Å². The number of phenolic OH excluding ortho intramolecular Hbond substituents is 1. The summed E-state index contributed by atoms with van der Waals surface area (Å²) in [5.74, 6) is -0.525. The number of phenols is 1. The summed E-state index contributed by atoms with van der Waals surface area (Å²) in [6, 6.07) is 7.02. The number of hydrogen-bond donors (Lipinski definition) is 3. The molecule has 0 heterocycles. The molecule has 7 nitrogen and oxygen atoms in total. The van der Waals surface area contributed by atoms with Crippen LogP contribution in [0.3, 0.4) is 0 Å². The summed E-state index contributed by atoms with van der Waals surface area (Å²) in [5, 5.41) is 9.53. The third-order valence-electron chi connectivity index (χ3n) is 2.29. The van der Waals surface area contributed by atoms with E-state index < -0.39 is 35.8 Å². The van der Waals surface area contributed by atoms with E-state index in [2.05, 4.69) is 12.1 Å². The molecule has 3 N–H and O–H groups in total. The minimum atomic E-state index is -4.56. The Morgan fingerprint density at radius 3 is 2.05 bits per heavy atom. The molecule has 0 atom stereocenters. The van der Waals surface area contributed by atoms with E-state index in [0.29, 0.717) is 0 Å². The van der Waals surface area contributed by atoms with Crippen LogP contribution in [-0.2, 0) is 20.2 Å². The average molecular weight is 302 g/mol. The van der Waals surface area contributed by atoms with E-state index in [0.717, 1.165) is 18.2 Å². The lowest BCUT2D eigenvalue weighted by atomic mass is 10.1. The Kier molecular flexibility index (Phi) is 3.01. The second-order valence-electron chi connectivity index (χ2n) is 3.62. The second kappa shape index (κ2) is 4.17. The molecule has 0 saturated carbocycles. The van der Waals surface area contributed by atoms with Gasteiger partial charge in [-0.1, -0.05) is 0 Å². The topological polar surface area (TPSA) is 129 Å². The molecule has 0 aliphatic rings. The molecule has 0 aliphatic heterocycles. The summed E-state index contributed by atoms with van der Waals surface area (Å²) >= 11 is 0. The van der Waals surface area contributed by atoms with Gasteiger partial charge in [0.15, 0.2) is 0 Å². The maximum Gasteiger partial charge on any atom is 0.295 e. The molecular formula is C10H6O7S2. The summed E-state index contributed by atoms with van der Waals surface area (Å²) in [4.78, 5) is -1.25. The number of hydrogen-bond acceptors (Lipinski definition) is 5. The predicted octanol–water partition coefficient (Wildman–Crippen LogP) is 0.639. The van der Waals surface area contributed by atoms with Crippen LogP contribution in [0.25, 0.3) is 10.8 Å². The SMILES string of the molecule is O=S(=O)(O)c1[c][c]c2c(O)cc(S(=O)(=O)O)cc2c1. The zero-order valence-electron chi connectivity index (χ0n) is 9.02. The maximum atomic E-state index is 11.0. The fourth-order valence-electron chi connectivity index (χ4n) is 1.46. The fraction of sp³-hybridized carbons (Fsp3) is 0. The van der Waals surface area contributed by atoms with Crippen molar-refractivity contribution in [2.45, 2.75) is 9.79 Å². The Hall–Kier alpha value is -1.68. The normalized spacial score (nSPS) is 12.7. The minimum absolute atomic E-state index is 0.000185. The van der Waals surface area contributed by atoms with Gasteiger partial charge >= 0.3 is 0 Å². The first kappa shape index (κ1) is 13.7. The highest BCUT2D eigenvalue weighted by molar-refractivity contribution is 7.86. The Balaban J connectivity index is 2.85. The largest absolute Gasteiger partial charge is 0.507 e. The lowest BCUT2D eigenvalue weighted by Crippen LogP contribution is -2.00. The molecule has 0 bridgehead atoms. The monoisotopic (exact) mass is 302 g/mol. The molecule has 0 spiro atoms. The minimum Gasteiger partial charge on any atom is -0.507 e. The predicted molar refractivity (Wildman–Crippen MR) is 62.9 cm³/mol. The molecule has 2 aromatic carbocycles. The molecule has 0 aliphatic carbocycles. The Morgan fingerprint density at radius 2 is 1.53 bits per heavy atom. The molecule has 2 rings (SSSR count). The molecule has 9 heteroatoms. The van der Waals surface area contributed by atoms with Gasteiger partial charge in [-0.25, -0.2) is 0 Å². The Bertz CT molecular complexity index is 861. The van der Waals surface area contributed by atoms with Crippen LogP contribution in [0.2, 0.25) is 0 Å². The molecule has 100 valence electrons. The maximum absolute atomic E-state index is 11.0. The quantitative estimate of drug-likeness (QED) is 0.694. The van der Waals surface area contributed by atoms with Crippen molar-refractivity contribution in [3.05, 3.63) is 30.3 Å². The van der Waals surface area contributed by atoms with Crippen molar-refractivity contribution in [3.63, 3.8) is 0 Å². The van der Waals surface area contributed by atoms with Gasteiger partial charge in [0.05, 0.1) is 4.90 Å². The molecule has 19 heavy (non-hydrogen) atoms. The van der Waals surface area contributed by atoms with Crippen LogP contribution < -0.4 is 0 Å². The van der Waals surface area contributed by atoms with Gasteiger partial charge in [-0.05, 0) is 17.5 Å². The first-order valence-electron chi connectivity index (χ1n) is 4.65. The average Bonchev–Trinajstić information content (AvgIpc) is 2.25. The van der Waals surface area contributed by atoms with E-state index >= 15 is 0 Å². The summed E-state index contributed by atoms with van der Waals surface area (Å²) in [6.45, 7) is 0. The summed E-state index contributed by atoms with van der Waals surface area (Å²) in [6.07, 6.45) is 0. The highest BCUT2D eigenvalue weighted by Gasteiger charge is 2.16. The zero-order chi connectivity index (χ0) is 14.4. The molecule has 0 amide bonds. The first-order valence-corrected chi connectivity index (χ1v) is 7.53. The van der Waals surface area contributed by atoms with Crippen molar-refractivity contribution in [2.75, 3.05) is 0 Å². The van der Waals surface area contributed by atoms with E-state index in [4.69, 9.17) is 9.11 Å². The van der Waals surface area contributed by atoms with Gasteiger partial charge in [0.2, 0.25) is 0 Å². The van der Waals surface area contributed by atoms with Crippen LogP contribution in [0.4, 0.5) is 0 Å². The lowest BCUT2D eigenvalue weighted by molar-refractivity contribution is 0.470. The number of benzene rings is 2. The van der Waals surface area contributed by atoms with Crippen LogP contribution in [0.5, 0.6) is 5.75 Å². The standard InChI is InChI=1S/C10H6O7S2/c11-10-5-8(19(15,16)17)4-6-3-7(18(12,13)14)1-2-9(6)10/h3-5,11H,(H,12,13,14)(H,15,16,17). The summed E-state index contributed by atoms with van der Waals surface area (Å²) in [5.41, 5.74) is 0. The van der Waals surface area contributed by atoms with Crippen LogP contribution in [0.1, 0.15) is 0 Å². The van der Waals surface area contributed by atoms with E-state index in [1.54, 1.807) is 0 Å². The van der Waals surface area contributed by atoms with Crippen LogP contribution in [0.15, 0.2) is 28.0 Å². The van der Waals surface area contributed by atoms with Gasteiger partial charge in [0.25, 0.3) is 20.2 Å². The Morgan fingerprint density at radius 1 is 0.895 bits per heavy atom. The molecule has 2 radical (unpaired) electrons. The molecule has 0 unspecified atom stereocenters. The van der Waals surface area contributed by atoms with Crippen molar-refractivity contribution in [2.24, 2.45) is 0 Å². The van der Waals surface area contributed by atoms with Crippen molar-refractivity contribution in [1.82, 2.24) is 0 Å². The molecule has 2 aromatic rings. The number of fused-ring (bicyclic) bond motifs is 1. The van der Waals surface area contributed by atoms with Crippen molar-refractivity contribution in [1.29, 1.82) is 0 Å². The molecule has 0 fully saturated rings. The van der Waals surface area contributed by atoms with Gasteiger partial charge in [-0.2, -0.15) is 16.8 Å². The summed E-state index contributed by atoms with van der Waals surface area (Å²) in [7, 11) is -9.10. The third kappa shape index (κ3) is 2.68. The van der Waals surface area contributed by atoms with Crippen LogP contribution in [0, 0.1) is 12.1 Å². The van der Waals surface area contributed by atoms with E-state index in [1.807, 2.05) is 0 Å². The van der Waals surface area contributed by atoms with Gasteiger partial charge in [0, 0.05) is 23.6 Å². The van der Waals surface area contributed by atoms with E-state index in [1.165, 1.54) is 0 Å². The Labute approximate surface area is 108 Å². The highest BCUT2D eigenvalue weighted by atomic mass is 32.2. The van der Waals surface area contributed by atoms with Gasteiger partial charge < -0.3 is 5.11 Å².